The van der Waals surface area contributed by atoms with E-state index in [2.05, 4.69) is 0 Å². The number of rotatable bonds is 0. The second kappa shape index (κ2) is 3.83. The first kappa shape index (κ1) is 8.89. The molecule has 1 aromatic carbocycles. The van der Waals surface area contributed by atoms with E-state index in [-0.39, 0.29) is 39.2 Å². The van der Waals surface area contributed by atoms with E-state index in [0.717, 1.165) is 0 Å². The summed E-state index contributed by atoms with van der Waals surface area (Å²) in [4.78, 5) is 0. The van der Waals surface area contributed by atoms with Crippen molar-refractivity contribution in [2.75, 3.05) is 0 Å². The first-order valence-corrected chi connectivity index (χ1v) is 2.23. The molecule has 1 rings (SSSR count). The van der Waals surface area contributed by atoms with E-state index in [1.165, 1.54) is 24.3 Å². The number of hydrogen-bond acceptors (Lipinski definition) is 1. The van der Waals surface area contributed by atoms with Gasteiger partial charge in [0.15, 0.2) is 0 Å². The zero-order chi connectivity index (χ0) is 5.98. The van der Waals surface area contributed by atoms with Crippen molar-refractivity contribution >= 4 is 0 Å². The molecule has 44 valence electrons. The van der Waals surface area contributed by atoms with Gasteiger partial charge in [-0.3, -0.25) is 0 Å². The predicted octanol–water partition coefficient (Wildman–Crippen LogP) is 1.53. The van der Waals surface area contributed by atoms with Crippen LogP contribution in [0.3, 0.4) is 0 Å². The number of phenols is 1. The summed E-state index contributed by atoms with van der Waals surface area (Å²) in [6, 6.07) is 5.01. The summed E-state index contributed by atoms with van der Waals surface area (Å²) >= 11 is 0. The van der Waals surface area contributed by atoms with Crippen LogP contribution in [0.1, 0.15) is 0 Å². The molecule has 0 bridgehead atoms. The SMILES string of the molecule is Oc1ccc(F)cc1.[Hg]. The maximum atomic E-state index is 12.0. The summed E-state index contributed by atoms with van der Waals surface area (Å²) in [5.41, 5.74) is 0. The van der Waals surface area contributed by atoms with Crippen molar-refractivity contribution in [3.05, 3.63) is 30.1 Å². The monoisotopic (exact) mass is 314 g/mol. The van der Waals surface area contributed by atoms with E-state index >= 15 is 0 Å². The van der Waals surface area contributed by atoms with Crippen LogP contribution in [0.2, 0.25) is 0 Å². The summed E-state index contributed by atoms with van der Waals surface area (Å²) in [7, 11) is 0. The van der Waals surface area contributed by atoms with Crippen molar-refractivity contribution in [3.63, 3.8) is 0 Å². The zero-order valence-corrected chi connectivity index (χ0v) is 10.3. The van der Waals surface area contributed by atoms with Crippen molar-refractivity contribution in [1.29, 1.82) is 0 Å². The van der Waals surface area contributed by atoms with Crippen molar-refractivity contribution in [3.8, 4) is 5.75 Å². The molecule has 0 aliphatic carbocycles. The van der Waals surface area contributed by atoms with Gasteiger partial charge in [0, 0.05) is 27.7 Å². The van der Waals surface area contributed by atoms with E-state index < -0.39 is 0 Å². The fourth-order valence-electron chi connectivity index (χ4n) is 0.441. The van der Waals surface area contributed by atoms with Crippen LogP contribution < -0.4 is 0 Å². The summed E-state index contributed by atoms with van der Waals surface area (Å²) in [5, 5.41) is 8.59. The van der Waals surface area contributed by atoms with Crippen LogP contribution in [0.5, 0.6) is 5.75 Å². The normalized spacial score (nSPS) is 8.11. The number of phenolic OH excluding ortho intramolecular Hbond substituents is 1. The molecule has 3 heteroatoms. The molecule has 0 atom stereocenters. The molecule has 9 heavy (non-hydrogen) atoms. The Morgan fingerprint density at radius 3 is 1.89 bits per heavy atom. The van der Waals surface area contributed by atoms with Crippen LogP contribution in [0.4, 0.5) is 4.39 Å². The van der Waals surface area contributed by atoms with Gasteiger partial charge in [0.05, 0.1) is 0 Å². The minimum absolute atomic E-state index is 0. The summed E-state index contributed by atoms with van der Waals surface area (Å²) in [6.45, 7) is 0. The maximum Gasteiger partial charge on any atom is 0.123 e. The van der Waals surface area contributed by atoms with Gasteiger partial charge >= 0.3 is 0 Å². The van der Waals surface area contributed by atoms with Crippen LogP contribution in [0, 0.1) is 5.82 Å². The molecule has 1 N–H and O–H groups in total. The molecule has 0 unspecified atom stereocenters. The Balaban J connectivity index is 0.000000640. The molecule has 0 spiro atoms. The van der Waals surface area contributed by atoms with E-state index in [0.29, 0.717) is 0 Å². The van der Waals surface area contributed by atoms with Gasteiger partial charge in [-0.2, -0.15) is 0 Å². The second-order valence-electron chi connectivity index (χ2n) is 1.48. The standard InChI is InChI=1S/C6H5FO.Hg/c7-5-1-3-6(8)4-2-5;/h1-4,8H;. The number of halogens is 1. The van der Waals surface area contributed by atoms with Crippen molar-refractivity contribution in [2.24, 2.45) is 0 Å². The number of hydrogen-bond donors (Lipinski definition) is 1. The third kappa shape index (κ3) is 2.79. The molecule has 0 aromatic heterocycles. The molecule has 0 fully saturated rings. The topological polar surface area (TPSA) is 20.2 Å². The van der Waals surface area contributed by atoms with Gasteiger partial charge in [0.1, 0.15) is 11.6 Å². The molecule has 0 saturated carbocycles. The Morgan fingerprint density at radius 1 is 1.11 bits per heavy atom. The van der Waals surface area contributed by atoms with E-state index in [4.69, 9.17) is 5.11 Å². The van der Waals surface area contributed by atoms with Gasteiger partial charge in [-0.25, -0.2) is 4.39 Å². The van der Waals surface area contributed by atoms with Crippen LogP contribution in [-0.4, -0.2) is 5.11 Å². The Hall–Kier alpha value is -0.115. The smallest absolute Gasteiger partial charge is 0.123 e. The maximum absolute atomic E-state index is 12.0. The van der Waals surface area contributed by atoms with Gasteiger partial charge in [-0.15, -0.1) is 0 Å². The molecule has 0 amide bonds. The van der Waals surface area contributed by atoms with Gasteiger partial charge in [-0.05, 0) is 24.3 Å². The van der Waals surface area contributed by atoms with Crippen LogP contribution in [-0.2, 0) is 27.7 Å². The Kier molecular flexibility index (Phi) is 3.78. The second-order valence-corrected chi connectivity index (χ2v) is 1.48. The molecular weight excluding hydrogens is 308 g/mol. The number of aromatic hydroxyl groups is 1. The van der Waals surface area contributed by atoms with Crippen molar-refractivity contribution < 1.29 is 37.2 Å². The minimum Gasteiger partial charge on any atom is -0.508 e. The molecule has 0 aliphatic rings. The third-order valence-electron chi connectivity index (χ3n) is 0.827. The Labute approximate surface area is 73.0 Å². The van der Waals surface area contributed by atoms with Gasteiger partial charge in [0.25, 0.3) is 0 Å². The fraction of sp³-hybridized carbons (Fsp3) is 0. The minimum atomic E-state index is -0.331. The van der Waals surface area contributed by atoms with Crippen LogP contribution in [0.15, 0.2) is 24.3 Å². The molecular formula is C6H5FHgO. The van der Waals surface area contributed by atoms with Gasteiger partial charge < -0.3 is 5.11 Å². The molecule has 0 heterocycles. The zero-order valence-electron chi connectivity index (χ0n) is 4.84. The molecule has 1 nitrogen and oxygen atoms in total. The third-order valence-corrected chi connectivity index (χ3v) is 0.827. The molecule has 0 aliphatic heterocycles. The quantitative estimate of drug-likeness (QED) is 0.720. The summed E-state index contributed by atoms with van der Waals surface area (Å²) in [5.74, 6) is -0.241. The predicted molar refractivity (Wildman–Crippen MR) is 28.1 cm³/mol. The molecule has 0 saturated heterocycles. The van der Waals surface area contributed by atoms with Crippen LogP contribution in [0.25, 0.3) is 0 Å². The van der Waals surface area contributed by atoms with Crippen LogP contribution >= 0.6 is 0 Å². The number of benzene rings is 1. The Morgan fingerprint density at radius 2 is 1.56 bits per heavy atom. The van der Waals surface area contributed by atoms with E-state index in [1.807, 2.05) is 0 Å². The summed E-state index contributed by atoms with van der Waals surface area (Å²) < 4.78 is 12.0. The Bertz CT molecular complexity index is 152. The average Bonchev–Trinajstić information content (AvgIpc) is 1.77. The van der Waals surface area contributed by atoms with Crippen molar-refractivity contribution in [1.82, 2.24) is 0 Å². The van der Waals surface area contributed by atoms with Crippen molar-refractivity contribution in [2.45, 2.75) is 0 Å². The summed E-state index contributed by atoms with van der Waals surface area (Å²) in [6.07, 6.45) is 0. The first-order valence-electron chi connectivity index (χ1n) is 2.23. The van der Waals surface area contributed by atoms with Gasteiger partial charge in [0.2, 0.25) is 0 Å². The van der Waals surface area contributed by atoms with E-state index in [1.54, 1.807) is 0 Å². The molecule has 0 radical (unpaired) electrons. The molecule has 1 aromatic rings. The van der Waals surface area contributed by atoms with Gasteiger partial charge in [-0.1, -0.05) is 0 Å². The van der Waals surface area contributed by atoms with E-state index in [9.17, 15) is 4.39 Å². The average molecular weight is 313 g/mol. The largest absolute Gasteiger partial charge is 0.508 e. The first-order chi connectivity index (χ1) is 3.79. The fourth-order valence-corrected chi connectivity index (χ4v) is 0.441.